The molecule has 0 aromatic heterocycles. The summed E-state index contributed by atoms with van der Waals surface area (Å²) in [5.41, 5.74) is 1.39. The second-order valence-electron chi connectivity index (χ2n) is 9.67. The number of Topliss-reactive ketones (excluding diaryl/α,β-unsaturated/α-hetero) is 1. The van der Waals surface area contributed by atoms with E-state index in [4.69, 9.17) is 23.2 Å². The number of fused-ring (bicyclic) bond motifs is 5. The number of amides is 3. The summed E-state index contributed by atoms with van der Waals surface area (Å²) in [5.74, 6) is -3.19. The maximum Gasteiger partial charge on any atom is 0.275 e. The molecule has 1 aliphatic heterocycles. The minimum Gasteiger partial charge on any atom is -0.292 e. The third kappa shape index (κ3) is 3.96. The van der Waals surface area contributed by atoms with E-state index in [0.29, 0.717) is 10.6 Å². The summed E-state index contributed by atoms with van der Waals surface area (Å²) >= 11 is 19.7. The molecule has 1 saturated heterocycles. The van der Waals surface area contributed by atoms with Crippen molar-refractivity contribution in [2.24, 2.45) is 23.7 Å². The van der Waals surface area contributed by atoms with Gasteiger partial charge in [0.05, 0.1) is 22.4 Å². The number of hydrazine groups is 1. The van der Waals surface area contributed by atoms with E-state index in [1.807, 2.05) is 6.92 Å². The minimum atomic E-state index is -1.14. The van der Waals surface area contributed by atoms with E-state index < -0.39 is 41.4 Å². The monoisotopic (exact) mass is 654 g/mol. The number of nitrogens with zero attached hydrogens (tertiary/aromatic N) is 2. The highest BCUT2D eigenvalue weighted by atomic mass is 79.9. The van der Waals surface area contributed by atoms with Crippen molar-refractivity contribution in [3.8, 4) is 0 Å². The number of halogens is 4. The number of alkyl halides is 2. The van der Waals surface area contributed by atoms with Gasteiger partial charge in [-0.15, -0.1) is 0 Å². The molecule has 36 heavy (non-hydrogen) atoms. The van der Waals surface area contributed by atoms with Crippen molar-refractivity contribution >= 4 is 78.6 Å². The number of carbonyl (C=O) groups is 4. The van der Waals surface area contributed by atoms with E-state index in [1.54, 1.807) is 24.3 Å². The van der Waals surface area contributed by atoms with E-state index in [0.717, 1.165) is 22.0 Å². The van der Waals surface area contributed by atoms with Crippen LogP contribution < -0.4 is 0 Å². The average molecular weight is 657 g/mol. The van der Waals surface area contributed by atoms with Crippen LogP contribution in [0.4, 0.5) is 0 Å². The Balaban J connectivity index is 1.57. The van der Waals surface area contributed by atoms with Gasteiger partial charge in [0.25, 0.3) is 17.7 Å². The van der Waals surface area contributed by atoms with Gasteiger partial charge in [0, 0.05) is 20.2 Å². The molecular formula is C26H22Br2Cl2N2O4. The van der Waals surface area contributed by atoms with Gasteiger partial charge in [0.2, 0.25) is 0 Å². The van der Waals surface area contributed by atoms with Gasteiger partial charge < -0.3 is 0 Å². The quantitative estimate of drug-likeness (QED) is 0.235. The fraction of sp³-hybridized carbons (Fsp3) is 0.385. The third-order valence-corrected chi connectivity index (χ3v) is 11.4. The number of benzene rings is 2. The van der Waals surface area contributed by atoms with Gasteiger partial charge in [0.1, 0.15) is 6.04 Å². The predicted molar refractivity (Wildman–Crippen MR) is 143 cm³/mol. The standard InChI is InChI=1S/C26H22Br2Cl2N2O4/c1-11-3-5-13(6-4-11)23(33)12(2)31(24(34)15-8-7-14(29)9-18(15)30)32-25(35)19-16-10-17(20(19)26(32)36)22(28)21(16)27/h3-9,12,16-17,19-22H,10H2,1-2H3/t12-,16+,17+,19+,20+,21-,22-/m0/s1. The van der Waals surface area contributed by atoms with Crippen LogP contribution >= 0.6 is 55.1 Å². The van der Waals surface area contributed by atoms with Crippen molar-refractivity contribution in [2.45, 2.75) is 36.0 Å². The fourth-order valence-corrected chi connectivity index (χ4v) is 8.20. The molecule has 2 aromatic carbocycles. The lowest BCUT2D eigenvalue weighted by Gasteiger charge is -2.35. The lowest BCUT2D eigenvalue weighted by Crippen LogP contribution is -2.57. The van der Waals surface area contributed by atoms with Gasteiger partial charge in [-0.25, -0.2) is 5.01 Å². The third-order valence-electron chi connectivity index (χ3n) is 7.63. The summed E-state index contributed by atoms with van der Waals surface area (Å²) in [6, 6.07) is 10.1. The molecule has 3 fully saturated rings. The zero-order valence-electron chi connectivity index (χ0n) is 19.3. The van der Waals surface area contributed by atoms with Crippen molar-refractivity contribution in [3.63, 3.8) is 0 Å². The molecule has 0 spiro atoms. The van der Waals surface area contributed by atoms with Crippen LogP contribution in [0.3, 0.4) is 0 Å². The van der Waals surface area contributed by atoms with Crippen molar-refractivity contribution < 1.29 is 19.2 Å². The number of hydrogen-bond donors (Lipinski definition) is 0. The summed E-state index contributed by atoms with van der Waals surface area (Å²) in [6.07, 6.45) is 0.751. The van der Waals surface area contributed by atoms with E-state index >= 15 is 0 Å². The van der Waals surface area contributed by atoms with Crippen LogP contribution in [0.15, 0.2) is 42.5 Å². The van der Waals surface area contributed by atoms with Gasteiger partial charge in [0.15, 0.2) is 5.78 Å². The summed E-state index contributed by atoms with van der Waals surface area (Å²) < 4.78 is 0. The Kier molecular flexibility index (Phi) is 6.86. The molecule has 10 heteroatoms. The first-order valence-electron chi connectivity index (χ1n) is 11.6. The molecule has 3 amide bonds. The molecule has 2 aromatic rings. The highest BCUT2D eigenvalue weighted by Gasteiger charge is 2.68. The highest BCUT2D eigenvalue weighted by Crippen LogP contribution is 2.60. The molecule has 6 nitrogen and oxygen atoms in total. The van der Waals surface area contributed by atoms with Crippen LogP contribution in [0.5, 0.6) is 0 Å². The molecule has 2 bridgehead atoms. The van der Waals surface area contributed by atoms with E-state index in [9.17, 15) is 19.2 Å². The topological polar surface area (TPSA) is 74.8 Å². The van der Waals surface area contributed by atoms with Crippen LogP contribution in [-0.2, 0) is 9.59 Å². The first-order valence-corrected chi connectivity index (χ1v) is 14.2. The molecule has 2 aliphatic carbocycles. The summed E-state index contributed by atoms with van der Waals surface area (Å²) in [5, 5.41) is 2.29. The molecule has 7 atom stereocenters. The SMILES string of the molecule is Cc1ccc(C(=O)[C@H](C)N(C(=O)c2ccc(Cl)cc2Cl)N2C(=O)[C@@H]3[C@H]4C[C@@H]([C@H](Br)[C@H]4Br)[C@H]3C2=O)cc1. The second-order valence-corrected chi connectivity index (χ2v) is 12.6. The van der Waals surface area contributed by atoms with Gasteiger partial charge in [-0.2, -0.15) is 5.01 Å². The lowest BCUT2D eigenvalue weighted by atomic mass is 9.81. The Morgan fingerprint density at radius 1 is 0.972 bits per heavy atom. The minimum absolute atomic E-state index is 0.0370. The van der Waals surface area contributed by atoms with Crippen molar-refractivity contribution in [3.05, 3.63) is 69.2 Å². The maximum atomic E-state index is 13.9. The first-order chi connectivity index (χ1) is 17.0. The Morgan fingerprint density at radius 3 is 2.06 bits per heavy atom. The summed E-state index contributed by atoms with van der Waals surface area (Å²) in [6.45, 7) is 3.42. The molecule has 1 heterocycles. The predicted octanol–water partition coefficient (Wildman–Crippen LogP) is 5.71. The Morgan fingerprint density at radius 2 is 1.53 bits per heavy atom. The maximum absolute atomic E-state index is 13.9. The summed E-state index contributed by atoms with van der Waals surface area (Å²) in [4.78, 5) is 55.1. The van der Waals surface area contributed by atoms with Crippen LogP contribution in [0.25, 0.3) is 0 Å². The molecule has 0 N–H and O–H groups in total. The van der Waals surface area contributed by atoms with Crippen LogP contribution in [0, 0.1) is 30.6 Å². The normalized spacial score (nSPS) is 29.4. The number of aryl methyl sites for hydroxylation is 1. The van der Waals surface area contributed by atoms with Gasteiger partial charge in [-0.3, -0.25) is 19.2 Å². The average Bonchev–Trinajstić information content (AvgIpc) is 3.45. The molecule has 0 unspecified atom stereocenters. The molecular weight excluding hydrogens is 635 g/mol. The zero-order chi connectivity index (χ0) is 26.0. The van der Waals surface area contributed by atoms with Crippen LogP contribution in [0.2, 0.25) is 10.0 Å². The largest absolute Gasteiger partial charge is 0.292 e. The number of imide groups is 1. The Labute approximate surface area is 235 Å². The van der Waals surface area contributed by atoms with Crippen molar-refractivity contribution in [1.29, 1.82) is 0 Å². The first kappa shape index (κ1) is 25.9. The molecule has 5 rings (SSSR count). The second kappa shape index (κ2) is 9.53. The van der Waals surface area contributed by atoms with E-state index in [1.165, 1.54) is 25.1 Å². The molecule has 0 radical (unpaired) electrons. The van der Waals surface area contributed by atoms with E-state index in [-0.39, 0.29) is 32.1 Å². The Hall–Kier alpha value is -1.74. The number of ketones is 1. The summed E-state index contributed by atoms with van der Waals surface area (Å²) in [7, 11) is 0. The van der Waals surface area contributed by atoms with Gasteiger partial charge in [-0.1, -0.05) is 84.9 Å². The molecule has 2 saturated carbocycles. The van der Waals surface area contributed by atoms with Crippen LogP contribution in [-0.4, -0.2) is 49.2 Å². The molecule has 188 valence electrons. The van der Waals surface area contributed by atoms with Gasteiger partial charge >= 0.3 is 0 Å². The van der Waals surface area contributed by atoms with Crippen molar-refractivity contribution in [2.75, 3.05) is 0 Å². The zero-order valence-corrected chi connectivity index (χ0v) is 24.0. The fourth-order valence-electron chi connectivity index (χ4n) is 5.84. The van der Waals surface area contributed by atoms with Gasteiger partial charge in [-0.05, 0) is 50.3 Å². The molecule has 3 aliphatic rings. The van der Waals surface area contributed by atoms with Crippen LogP contribution in [0.1, 0.15) is 39.6 Å². The number of carbonyl (C=O) groups excluding carboxylic acids is 4. The number of hydrogen-bond acceptors (Lipinski definition) is 4. The smallest absolute Gasteiger partial charge is 0.275 e. The Bertz CT molecular complexity index is 1260. The highest BCUT2D eigenvalue weighted by molar-refractivity contribution is 9.12. The lowest BCUT2D eigenvalue weighted by molar-refractivity contribution is -0.157. The van der Waals surface area contributed by atoms with Crippen molar-refractivity contribution in [1.82, 2.24) is 10.0 Å². The van der Waals surface area contributed by atoms with E-state index in [2.05, 4.69) is 31.9 Å². The number of rotatable bonds is 5.